The molecule has 0 aliphatic carbocycles. The minimum absolute atomic E-state index is 0.203. The molecule has 10 heavy (non-hydrogen) atoms. The van der Waals surface area contributed by atoms with Gasteiger partial charge in [-0.25, -0.2) is 0 Å². The van der Waals surface area contributed by atoms with Crippen LogP contribution in [0, 0.1) is 5.92 Å². The van der Waals surface area contributed by atoms with Crippen molar-refractivity contribution in [1.29, 1.82) is 0 Å². The largest absolute Gasteiger partial charge is 0.374 e. The Hall–Kier alpha value is -0.300. The van der Waals surface area contributed by atoms with E-state index in [1.54, 1.807) is 0 Å². The first kappa shape index (κ1) is 9.70. The lowest BCUT2D eigenvalue weighted by Gasteiger charge is -2.12. The molecule has 0 rings (SSSR count). The second kappa shape index (κ2) is 5.48. The van der Waals surface area contributed by atoms with Crippen molar-refractivity contribution in [3.05, 3.63) is 12.7 Å². The van der Waals surface area contributed by atoms with Crippen LogP contribution in [0.5, 0.6) is 0 Å². The quantitative estimate of drug-likeness (QED) is 0.536. The summed E-state index contributed by atoms with van der Waals surface area (Å²) in [6.45, 7) is 10.9. The van der Waals surface area contributed by atoms with E-state index >= 15 is 0 Å². The fourth-order valence-electron chi connectivity index (χ4n) is 0.502. The Morgan fingerprint density at radius 1 is 1.50 bits per heavy atom. The van der Waals surface area contributed by atoms with Crippen LogP contribution in [-0.4, -0.2) is 12.7 Å². The molecule has 0 aromatic heterocycles. The predicted molar refractivity (Wildman–Crippen MR) is 45.1 cm³/mol. The average molecular weight is 142 g/mol. The summed E-state index contributed by atoms with van der Waals surface area (Å²) >= 11 is 0. The van der Waals surface area contributed by atoms with Crippen molar-refractivity contribution in [2.75, 3.05) is 6.61 Å². The molecule has 0 heterocycles. The van der Waals surface area contributed by atoms with E-state index in [4.69, 9.17) is 4.74 Å². The topological polar surface area (TPSA) is 9.23 Å². The molecule has 60 valence electrons. The highest BCUT2D eigenvalue weighted by molar-refractivity contribution is 4.75. The van der Waals surface area contributed by atoms with Crippen molar-refractivity contribution in [2.24, 2.45) is 5.92 Å². The van der Waals surface area contributed by atoms with E-state index in [0.29, 0.717) is 5.92 Å². The number of rotatable bonds is 5. The summed E-state index contributed by atoms with van der Waals surface area (Å²) in [6.07, 6.45) is 3.21. The summed E-state index contributed by atoms with van der Waals surface area (Å²) in [5.41, 5.74) is 0. The summed E-state index contributed by atoms with van der Waals surface area (Å²) in [5.74, 6) is 0.669. The van der Waals surface area contributed by atoms with Gasteiger partial charge in [0.2, 0.25) is 0 Å². The van der Waals surface area contributed by atoms with Gasteiger partial charge in [-0.05, 0) is 12.8 Å². The Kier molecular flexibility index (Phi) is 5.32. The van der Waals surface area contributed by atoms with Crippen molar-refractivity contribution in [3.8, 4) is 0 Å². The highest BCUT2D eigenvalue weighted by Gasteiger charge is 2.00. The molecule has 0 spiro atoms. The monoisotopic (exact) mass is 142 g/mol. The molecule has 0 saturated carbocycles. The Morgan fingerprint density at radius 3 is 2.50 bits per heavy atom. The van der Waals surface area contributed by atoms with E-state index in [2.05, 4.69) is 20.4 Å². The maximum Gasteiger partial charge on any atom is 0.0725 e. The maximum absolute atomic E-state index is 5.43. The van der Waals surface area contributed by atoms with E-state index < -0.39 is 0 Å². The number of hydrogen-bond donors (Lipinski definition) is 0. The van der Waals surface area contributed by atoms with Crippen molar-refractivity contribution in [3.63, 3.8) is 0 Å². The summed E-state index contributed by atoms with van der Waals surface area (Å²) in [6, 6.07) is 0. The molecular weight excluding hydrogens is 124 g/mol. The molecule has 0 aliphatic rings. The van der Waals surface area contributed by atoms with Crippen LogP contribution in [0.2, 0.25) is 0 Å². The van der Waals surface area contributed by atoms with Gasteiger partial charge in [0.1, 0.15) is 0 Å². The summed E-state index contributed by atoms with van der Waals surface area (Å²) in [7, 11) is 0. The molecular formula is C9H18O. The van der Waals surface area contributed by atoms with Gasteiger partial charge in [0, 0.05) is 6.61 Å². The van der Waals surface area contributed by atoms with E-state index in [0.717, 1.165) is 6.61 Å². The Labute approximate surface area is 64.1 Å². The van der Waals surface area contributed by atoms with Crippen LogP contribution in [0.25, 0.3) is 0 Å². The first-order valence-electron chi connectivity index (χ1n) is 3.94. The van der Waals surface area contributed by atoms with Crippen molar-refractivity contribution in [2.45, 2.75) is 33.3 Å². The third-order valence-corrected chi connectivity index (χ3v) is 1.67. The Balaban J connectivity index is 3.25. The second-order valence-electron chi connectivity index (χ2n) is 2.79. The van der Waals surface area contributed by atoms with Crippen molar-refractivity contribution in [1.82, 2.24) is 0 Å². The van der Waals surface area contributed by atoms with Crippen molar-refractivity contribution >= 4 is 0 Å². The molecule has 0 aromatic rings. The molecule has 0 bridgehead atoms. The summed E-state index contributed by atoms with van der Waals surface area (Å²) in [5, 5.41) is 0. The van der Waals surface area contributed by atoms with Crippen LogP contribution >= 0.6 is 0 Å². The molecule has 1 nitrogen and oxygen atoms in total. The molecule has 0 saturated heterocycles. The van der Waals surface area contributed by atoms with E-state index in [1.165, 1.54) is 6.42 Å². The first-order valence-corrected chi connectivity index (χ1v) is 3.94. The van der Waals surface area contributed by atoms with Gasteiger partial charge >= 0.3 is 0 Å². The number of hydrogen-bond acceptors (Lipinski definition) is 1. The normalized spacial score (nSPS) is 16.3. The standard InChI is InChI=1S/C9H18O/c1-5-8(3)7-10-9(4)6-2/h6,8-9H,2,5,7H2,1,3-4H3. The zero-order valence-electron chi connectivity index (χ0n) is 7.26. The molecule has 1 heteroatoms. The average Bonchev–Trinajstić information content (AvgIpc) is 1.99. The summed E-state index contributed by atoms with van der Waals surface area (Å²) < 4.78 is 5.43. The smallest absolute Gasteiger partial charge is 0.0725 e. The lowest BCUT2D eigenvalue weighted by atomic mass is 10.1. The van der Waals surface area contributed by atoms with Crippen LogP contribution in [-0.2, 0) is 4.74 Å². The molecule has 0 amide bonds. The van der Waals surface area contributed by atoms with Crippen LogP contribution in [0.15, 0.2) is 12.7 Å². The fraction of sp³-hybridized carbons (Fsp3) is 0.778. The van der Waals surface area contributed by atoms with Gasteiger partial charge in [-0.3, -0.25) is 0 Å². The fourth-order valence-corrected chi connectivity index (χ4v) is 0.502. The highest BCUT2D eigenvalue weighted by atomic mass is 16.5. The van der Waals surface area contributed by atoms with E-state index in [9.17, 15) is 0 Å². The first-order chi connectivity index (χ1) is 4.70. The van der Waals surface area contributed by atoms with Gasteiger partial charge in [0.15, 0.2) is 0 Å². The van der Waals surface area contributed by atoms with E-state index in [1.807, 2.05) is 13.0 Å². The zero-order chi connectivity index (χ0) is 7.98. The SMILES string of the molecule is C=CC(C)OCC(C)CC. The van der Waals surface area contributed by atoms with Gasteiger partial charge in [-0.15, -0.1) is 6.58 Å². The molecule has 0 N–H and O–H groups in total. The Morgan fingerprint density at radius 2 is 2.10 bits per heavy atom. The minimum Gasteiger partial charge on any atom is -0.374 e. The molecule has 0 fully saturated rings. The van der Waals surface area contributed by atoms with Gasteiger partial charge < -0.3 is 4.74 Å². The predicted octanol–water partition coefficient (Wildman–Crippen LogP) is 2.62. The maximum atomic E-state index is 5.43. The molecule has 0 radical (unpaired) electrons. The Bertz CT molecular complexity index is 88.7. The third kappa shape index (κ3) is 4.57. The van der Waals surface area contributed by atoms with Gasteiger partial charge in [0.05, 0.1) is 6.10 Å². The van der Waals surface area contributed by atoms with Crippen LogP contribution in [0.4, 0.5) is 0 Å². The lowest BCUT2D eigenvalue weighted by Crippen LogP contribution is -2.10. The number of ether oxygens (including phenoxy) is 1. The van der Waals surface area contributed by atoms with Crippen molar-refractivity contribution < 1.29 is 4.74 Å². The van der Waals surface area contributed by atoms with Crippen LogP contribution < -0.4 is 0 Å². The molecule has 2 unspecified atom stereocenters. The van der Waals surface area contributed by atoms with Crippen LogP contribution in [0.1, 0.15) is 27.2 Å². The molecule has 0 aliphatic heterocycles. The zero-order valence-corrected chi connectivity index (χ0v) is 7.26. The molecule has 2 atom stereocenters. The van der Waals surface area contributed by atoms with Gasteiger partial charge in [-0.1, -0.05) is 26.3 Å². The third-order valence-electron chi connectivity index (χ3n) is 1.67. The van der Waals surface area contributed by atoms with Gasteiger partial charge in [-0.2, -0.15) is 0 Å². The minimum atomic E-state index is 0.203. The lowest BCUT2D eigenvalue weighted by molar-refractivity contribution is 0.0711. The summed E-state index contributed by atoms with van der Waals surface area (Å²) in [4.78, 5) is 0. The van der Waals surface area contributed by atoms with Gasteiger partial charge in [0.25, 0.3) is 0 Å². The van der Waals surface area contributed by atoms with E-state index in [-0.39, 0.29) is 6.10 Å². The molecule has 0 aromatic carbocycles. The second-order valence-corrected chi connectivity index (χ2v) is 2.79. The van der Waals surface area contributed by atoms with Crippen LogP contribution in [0.3, 0.4) is 0 Å². The highest BCUT2D eigenvalue weighted by Crippen LogP contribution is 2.02.